The van der Waals surface area contributed by atoms with Gasteiger partial charge in [-0.05, 0) is 55.0 Å². The number of rotatable bonds is 7. The lowest BCUT2D eigenvalue weighted by Crippen LogP contribution is -2.44. The van der Waals surface area contributed by atoms with Gasteiger partial charge in [0.15, 0.2) is 0 Å². The number of hydrogen-bond acceptors (Lipinski definition) is 5. The van der Waals surface area contributed by atoms with Crippen LogP contribution in [0.2, 0.25) is 0 Å². The number of nitrogens with zero attached hydrogens (tertiary/aromatic N) is 2. The first-order valence-electron chi connectivity index (χ1n) is 11.2. The van der Waals surface area contributed by atoms with E-state index in [9.17, 15) is 4.79 Å². The zero-order valence-corrected chi connectivity index (χ0v) is 20.8. The minimum atomic E-state index is -0.0545. The second-order valence-corrected chi connectivity index (χ2v) is 8.47. The lowest BCUT2D eigenvalue weighted by molar-refractivity contribution is 0.0827. The molecule has 1 aliphatic heterocycles. The van der Waals surface area contributed by atoms with Gasteiger partial charge in [0, 0.05) is 37.9 Å². The van der Waals surface area contributed by atoms with Crippen LogP contribution in [0.5, 0.6) is 11.5 Å². The standard InChI is InChI=1S/C27H31N3O3.ClH/c1-19(20-9-8-12-23(16-20)32-4)28-17-24-18-30(25-13-5-6-14-26(25)33-24)22-11-7-10-21(15-22)27(31)29(2)3;/h5-16,19,24,28H,17-18H2,1-4H3;1H/t19-,24?;/m1./s1. The lowest BCUT2D eigenvalue weighted by Gasteiger charge is -2.37. The van der Waals surface area contributed by atoms with E-state index in [0.29, 0.717) is 18.7 Å². The van der Waals surface area contributed by atoms with Gasteiger partial charge in [-0.1, -0.05) is 30.3 Å². The number of amides is 1. The average Bonchev–Trinajstić information content (AvgIpc) is 2.86. The van der Waals surface area contributed by atoms with Crippen LogP contribution in [0.1, 0.15) is 28.9 Å². The predicted octanol–water partition coefficient (Wildman–Crippen LogP) is 5.07. The Morgan fingerprint density at radius 3 is 2.65 bits per heavy atom. The largest absolute Gasteiger partial charge is 0.497 e. The van der Waals surface area contributed by atoms with Crippen LogP contribution in [0.3, 0.4) is 0 Å². The molecular formula is C27H32ClN3O3. The fourth-order valence-corrected chi connectivity index (χ4v) is 4.05. The molecule has 0 saturated carbocycles. The minimum Gasteiger partial charge on any atom is -0.497 e. The molecule has 1 amide bonds. The van der Waals surface area contributed by atoms with Crippen molar-refractivity contribution in [2.45, 2.75) is 19.1 Å². The Hall–Kier alpha value is -3.22. The summed E-state index contributed by atoms with van der Waals surface area (Å²) in [6.07, 6.45) is -0.0545. The van der Waals surface area contributed by atoms with Crippen LogP contribution >= 0.6 is 12.4 Å². The van der Waals surface area contributed by atoms with Crippen LogP contribution in [0.15, 0.2) is 72.8 Å². The van der Waals surface area contributed by atoms with Crippen molar-refractivity contribution in [3.8, 4) is 11.5 Å². The highest BCUT2D eigenvalue weighted by molar-refractivity contribution is 5.95. The van der Waals surface area contributed by atoms with Crippen LogP contribution in [-0.2, 0) is 0 Å². The molecule has 0 radical (unpaired) electrons. The van der Waals surface area contributed by atoms with Gasteiger partial charge in [-0.2, -0.15) is 0 Å². The molecule has 0 aromatic heterocycles. The molecule has 7 heteroatoms. The summed E-state index contributed by atoms with van der Waals surface area (Å²) < 4.78 is 11.7. The third-order valence-corrected chi connectivity index (χ3v) is 5.89. The van der Waals surface area contributed by atoms with Gasteiger partial charge in [0.25, 0.3) is 5.91 Å². The van der Waals surface area contributed by atoms with Gasteiger partial charge in [-0.3, -0.25) is 4.79 Å². The minimum absolute atomic E-state index is 0. The molecule has 3 aromatic rings. The molecule has 0 aliphatic carbocycles. The SMILES string of the molecule is COc1cccc([C@@H](C)NCC2CN(c3cccc(C(=O)N(C)C)c3)c3ccccc3O2)c1.Cl. The van der Waals surface area contributed by atoms with Gasteiger partial charge in [0.05, 0.1) is 19.3 Å². The number of ether oxygens (including phenoxy) is 2. The Balaban J connectivity index is 0.00000324. The lowest BCUT2D eigenvalue weighted by atomic mass is 10.1. The number of halogens is 1. The van der Waals surface area contributed by atoms with Crippen LogP contribution in [0.4, 0.5) is 11.4 Å². The average molecular weight is 482 g/mol. The van der Waals surface area contributed by atoms with E-state index in [1.165, 1.54) is 0 Å². The maximum Gasteiger partial charge on any atom is 0.253 e. The van der Waals surface area contributed by atoms with E-state index >= 15 is 0 Å². The first-order valence-corrected chi connectivity index (χ1v) is 11.2. The third-order valence-electron chi connectivity index (χ3n) is 5.89. The summed E-state index contributed by atoms with van der Waals surface area (Å²) in [4.78, 5) is 16.3. The monoisotopic (exact) mass is 481 g/mol. The number of carbonyl (C=O) groups is 1. The molecular weight excluding hydrogens is 450 g/mol. The van der Waals surface area contributed by atoms with Gasteiger partial charge in [0.2, 0.25) is 0 Å². The molecule has 0 fully saturated rings. The molecule has 1 unspecified atom stereocenters. The number of para-hydroxylation sites is 2. The van der Waals surface area contributed by atoms with Crippen molar-refractivity contribution < 1.29 is 14.3 Å². The van der Waals surface area contributed by atoms with E-state index in [1.54, 1.807) is 26.1 Å². The van der Waals surface area contributed by atoms with Gasteiger partial charge in [-0.25, -0.2) is 0 Å². The third kappa shape index (κ3) is 5.64. The highest BCUT2D eigenvalue weighted by Gasteiger charge is 2.27. The Morgan fingerprint density at radius 1 is 1.12 bits per heavy atom. The fourth-order valence-electron chi connectivity index (χ4n) is 4.05. The number of carbonyl (C=O) groups excluding carboxylic acids is 1. The molecule has 0 saturated heterocycles. The first-order chi connectivity index (χ1) is 16.0. The van der Waals surface area contributed by atoms with Crippen molar-refractivity contribution in [3.63, 3.8) is 0 Å². The van der Waals surface area contributed by atoms with E-state index in [0.717, 1.165) is 28.4 Å². The summed E-state index contributed by atoms with van der Waals surface area (Å²) in [6, 6.07) is 24.1. The Kier molecular flexibility index (Phi) is 8.42. The highest BCUT2D eigenvalue weighted by Crippen LogP contribution is 2.38. The maximum atomic E-state index is 12.5. The topological polar surface area (TPSA) is 54.0 Å². The Labute approximate surface area is 207 Å². The van der Waals surface area contributed by atoms with Crippen molar-refractivity contribution in [1.82, 2.24) is 10.2 Å². The molecule has 180 valence electrons. The molecule has 0 spiro atoms. The second kappa shape index (κ2) is 11.3. The van der Waals surface area contributed by atoms with Crippen molar-refractivity contribution in [1.29, 1.82) is 0 Å². The van der Waals surface area contributed by atoms with E-state index in [2.05, 4.69) is 29.3 Å². The van der Waals surface area contributed by atoms with E-state index in [4.69, 9.17) is 9.47 Å². The molecule has 1 heterocycles. The van der Waals surface area contributed by atoms with E-state index in [-0.39, 0.29) is 30.5 Å². The Bertz CT molecular complexity index is 1120. The summed E-state index contributed by atoms with van der Waals surface area (Å²) in [7, 11) is 5.22. The van der Waals surface area contributed by atoms with Crippen molar-refractivity contribution >= 4 is 29.7 Å². The van der Waals surface area contributed by atoms with Crippen LogP contribution in [0.25, 0.3) is 0 Å². The summed E-state index contributed by atoms with van der Waals surface area (Å²) in [6.45, 7) is 3.49. The maximum absolute atomic E-state index is 12.5. The van der Waals surface area contributed by atoms with Crippen molar-refractivity contribution in [3.05, 3.63) is 83.9 Å². The number of fused-ring (bicyclic) bond motifs is 1. The van der Waals surface area contributed by atoms with E-state index in [1.807, 2.05) is 60.7 Å². The fraction of sp³-hybridized carbons (Fsp3) is 0.296. The Morgan fingerprint density at radius 2 is 1.88 bits per heavy atom. The van der Waals surface area contributed by atoms with Crippen LogP contribution < -0.4 is 19.7 Å². The molecule has 0 bridgehead atoms. The zero-order chi connectivity index (χ0) is 23.4. The number of benzene rings is 3. The normalized spacial score (nSPS) is 15.4. The quantitative estimate of drug-likeness (QED) is 0.510. The summed E-state index contributed by atoms with van der Waals surface area (Å²) in [5, 5.41) is 3.60. The molecule has 4 rings (SSSR count). The van der Waals surface area contributed by atoms with E-state index < -0.39 is 0 Å². The molecule has 3 aromatic carbocycles. The molecule has 34 heavy (non-hydrogen) atoms. The molecule has 1 aliphatic rings. The number of anilines is 2. The number of hydrogen-bond donors (Lipinski definition) is 1. The van der Waals surface area contributed by atoms with Gasteiger partial charge in [0.1, 0.15) is 17.6 Å². The second-order valence-electron chi connectivity index (χ2n) is 8.47. The summed E-state index contributed by atoms with van der Waals surface area (Å²) >= 11 is 0. The van der Waals surface area contributed by atoms with Crippen molar-refractivity contribution in [2.24, 2.45) is 0 Å². The van der Waals surface area contributed by atoms with Crippen molar-refractivity contribution in [2.75, 3.05) is 39.2 Å². The zero-order valence-electron chi connectivity index (χ0n) is 20.0. The first kappa shape index (κ1) is 25.4. The summed E-state index contributed by atoms with van der Waals surface area (Å²) in [5.41, 5.74) is 3.81. The van der Waals surface area contributed by atoms with Gasteiger partial charge < -0.3 is 24.6 Å². The van der Waals surface area contributed by atoms with Crippen LogP contribution in [0, 0.1) is 0 Å². The number of methoxy groups -OCH3 is 1. The predicted molar refractivity (Wildman–Crippen MR) is 139 cm³/mol. The molecule has 6 nitrogen and oxygen atoms in total. The van der Waals surface area contributed by atoms with Gasteiger partial charge in [-0.15, -0.1) is 12.4 Å². The molecule has 2 atom stereocenters. The highest BCUT2D eigenvalue weighted by atomic mass is 35.5. The van der Waals surface area contributed by atoms with Crippen LogP contribution in [-0.4, -0.2) is 51.2 Å². The summed E-state index contributed by atoms with van der Waals surface area (Å²) in [5.74, 6) is 1.68. The molecule has 1 N–H and O–H groups in total. The smallest absolute Gasteiger partial charge is 0.253 e. The number of nitrogens with one attached hydrogen (secondary N) is 1. The van der Waals surface area contributed by atoms with Gasteiger partial charge >= 0.3 is 0 Å².